The summed E-state index contributed by atoms with van der Waals surface area (Å²) in [5, 5.41) is 2.95. The fraction of sp³-hybridized carbons (Fsp3) is 0.700. The van der Waals surface area contributed by atoms with E-state index in [9.17, 15) is 4.79 Å². The van der Waals surface area contributed by atoms with Crippen LogP contribution in [0.5, 0.6) is 0 Å². The molecule has 66 valence electrons. The van der Waals surface area contributed by atoms with Crippen molar-refractivity contribution < 1.29 is 4.79 Å². The quantitative estimate of drug-likeness (QED) is 0.625. The third-order valence-electron chi connectivity index (χ3n) is 2.15. The molecule has 1 aliphatic carbocycles. The Labute approximate surface area is 73.7 Å². The van der Waals surface area contributed by atoms with Crippen molar-refractivity contribution in [1.82, 2.24) is 5.32 Å². The van der Waals surface area contributed by atoms with Crippen LogP contribution < -0.4 is 5.32 Å². The smallest absolute Gasteiger partial charge is 0.223 e. The Morgan fingerprint density at radius 1 is 1.75 bits per heavy atom. The lowest BCUT2D eigenvalue weighted by Gasteiger charge is -2.13. The van der Waals surface area contributed by atoms with Crippen LogP contribution in [0.25, 0.3) is 0 Å². The summed E-state index contributed by atoms with van der Waals surface area (Å²) < 4.78 is 0. The molecule has 1 amide bonds. The summed E-state index contributed by atoms with van der Waals surface area (Å²) in [5.41, 5.74) is 0. The molecule has 1 fully saturated rings. The van der Waals surface area contributed by atoms with E-state index in [0.717, 1.165) is 19.3 Å². The highest BCUT2D eigenvalue weighted by Gasteiger charge is 2.30. The first-order chi connectivity index (χ1) is 5.77. The molecule has 2 heteroatoms. The molecule has 1 rings (SSSR count). The average Bonchev–Trinajstić information content (AvgIpc) is 2.85. The number of nitrogens with one attached hydrogen (secondary N) is 1. The Balaban J connectivity index is 2.26. The average molecular weight is 165 g/mol. The van der Waals surface area contributed by atoms with Gasteiger partial charge in [-0.1, -0.05) is 6.92 Å². The molecular weight excluding hydrogens is 150 g/mol. The largest absolute Gasteiger partial charge is 0.352 e. The number of amides is 1. The highest BCUT2D eigenvalue weighted by atomic mass is 16.2. The van der Waals surface area contributed by atoms with Gasteiger partial charge in [-0.25, -0.2) is 0 Å². The zero-order valence-corrected chi connectivity index (χ0v) is 7.47. The minimum absolute atomic E-state index is 0.183. The van der Waals surface area contributed by atoms with Crippen molar-refractivity contribution in [1.29, 1.82) is 0 Å². The summed E-state index contributed by atoms with van der Waals surface area (Å²) in [5.74, 6) is 3.05. The Morgan fingerprint density at radius 2 is 2.42 bits per heavy atom. The number of rotatable bonds is 4. The molecule has 0 heterocycles. The number of hydrogen-bond acceptors (Lipinski definition) is 1. The van der Waals surface area contributed by atoms with Gasteiger partial charge in [0.25, 0.3) is 0 Å². The molecule has 0 aromatic rings. The number of carbonyl (C=O) groups is 1. The van der Waals surface area contributed by atoms with Crippen molar-refractivity contribution in [2.24, 2.45) is 5.92 Å². The monoisotopic (exact) mass is 165 g/mol. The van der Waals surface area contributed by atoms with Crippen LogP contribution in [-0.4, -0.2) is 11.9 Å². The van der Waals surface area contributed by atoms with Crippen molar-refractivity contribution in [2.75, 3.05) is 0 Å². The first-order valence-corrected chi connectivity index (χ1v) is 4.51. The zero-order chi connectivity index (χ0) is 8.97. The van der Waals surface area contributed by atoms with E-state index >= 15 is 0 Å². The first kappa shape index (κ1) is 9.12. The Morgan fingerprint density at radius 3 is 2.83 bits per heavy atom. The Kier molecular flexibility index (Phi) is 3.16. The number of carbonyl (C=O) groups excluding carboxylic acids is 1. The molecule has 12 heavy (non-hydrogen) atoms. The number of hydrogen-bond donors (Lipinski definition) is 1. The molecule has 1 aliphatic rings. The van der Waals surface area contributed by atoms with Gasteiger partial charge in [0.05, 0.1) is 0 Å². The molecule has 1 unspecified atom stereocenters. The van der Waals surface area contributed by atoms with E-state index < -0.39 is 0 Å². The van der Waals surface area contributed by atoms with Gasteiger partial charge < -0.3 is 5.32 Å². The van der Waals surface area contributed by atoms with Crippen LogP contribution in [0.3, 0.4) is 0 Å². The maximum Gasteiger partial charge on any atom is 0.223 e. The molecule has 0 radical (unpaired) electrons. The van der Waals surface area contributed by atoms with E-state index in [1.807, 2.05) is 6.92 Å². The van der Waals surface area contributed by atoms with E-state index in [0.29, 0.717) is 6.42 Å². The van der Waals surface area contributed by atoms with Gasteiger partial charge in [-0.05, 0) is 19.3 Å². The molecule has 0 bridgehead atoms. The molecule has 2 nitrogen and oxygen atoms in total. The van der Waals surface area contributed by atoms with Crippen LogP contribution >= 0.6 is 0 Å². The lowest BCUT2D eigenvalue weighted by molar-refractivity contribution is -0.123. The van der Waals surface area contributed by atoms with Crippen LogP contribution in [0, 0.1) is 18.3 Å². The first-order valence-electron chi connectivity index (χ1n) is 4.51. The predicted octanol–water partition coefficient (Wildman–Crippen LogP) is 1.31. The van der Waals surface area contributed by atoms with Crippen LogP contribution in [0.4, 0.5) is 0 Å². The van der Waals surface area contributed by atoms with Gasteiger partial charge in [-0.2, -0.15) is 0 Å². The zero-order valence-electron chi connectivity index (χ0n) is 7.47. The molecule has 1 atom stereocenters. The minimum atomic E-state index is 0.183. The van der Waals surface area contributed by atoms with Crippen molar-refractivity contribution in [3.8, 4) is 12.3 Å². The van der Waals surface area contributed by atoms with E-state index in [4.69, 9.17) is 6.42 Å². The number of terminal acetylenes is 1. The third-order valence-corrected chi connectivity index (χ3v) is 2.15. The van der Waals surface area contributed by atoms with Crippen LogP contribution in [0.1, 0.15) is 32.6 Å². The van der Waals surface area contributed by atoms with Crippen molar-refractivity contribution in [2.45, 2.75) is 38.6 Å². The van der Waals surface area contributed by atoms with Gasteiger partial charge in [0.15, 0.2) is 0 Å². The summed E-state index contributed by atoms with van der Waals surface area (Å²) in [6.45, 7) is 2.04. The second-order valence-electron chi connectivity index (χ2n) is 3.30. The van der Waals surface area contributed by atoms with Gasteiger partial charge in [0.1, 0.15) is 0 Å². The van der Waals surface area contributed by atoms with Crippen molar-refractivity contribution >= 4 is 5.91 Å². The molecule has 0 aromatic carbocycles. The van der Waals surface area contributed by atoms with Crippen LogP contribution in [0.15, 0.2) is 0 Å². The van der Waals surface area contributed by atoms with Gasteiger partial charge in [-0.3, -0.25) is 4.79 Å². The summed E-state index contributed by atoms with van der Waals surface area (Å²) in [7, 11) is 0. The highest BCUT2D eigenvalue weighted by Crippen LogP contribution is 2.29. The molecule has 0 saturated heterocycles. The Hall–Kier alpha value is -0.970. The van der Waals surface area contributed by atoms with Gasteiger partial charge in [0, 0.05) is 18.4 Å². The summed E-state index contributed by atoms with van der Waals surface area (Å²) >= 11 is 0. The van der Waals surface area contributed by atoms with E-state index in [1.54, 1.807) is 0 Å². The molecule has 0 aromatic heterocycles. The van der Waals surface area contributed by atoms with Gasteiger partial charge >= 0.3 is 0 Å². The second kappa shape index (κ2) is 4.15. The van der Waals surface area contributed by atoms with Gasteiger partial charge in [-0.15, -0.1) is 12.3 Å². The maximum atomic E-state index is 11.3. The van der Waals surface area contributed by atoms with Crippen molar-refractivity contribution in [3.63, 3.8) is 0 Å². The fourth-order valence-corrected chi connectivity index (χ4v) is 1.10. The van der Waals surface area contributed by atoms with Gasteiger partial charge in [0.2, 0.25) is 5.91 Å². The topological polar surface area (TPSA) is 29.1 Å². The molecule has 1 N–H and O–H groups in total. The lowest BCUT2D eigenvalue weighted by atomic mass is 10.1. The highest BCUT2D eigenvalue weighted by molar-refractivity contribution is 5.81. The minimum Gasteiger partial charge on any atom is -0.352 e. The summed E-state index contributed by atoms with van der Waals surface area (Å²) in [6, 6.07) is 0.183. The van der Waals surface area contributed by atoms with Crippen molar-refractivity contribution in [3.05, 3.63) is 0 Å². The van der Waals surface area contributed by atoms with E-state index in [-0.39, 0.29) is 17.9 Å². The molecule has 0 aliphatic heterocycles. The van der Waals surface area contributed by atoms with E-state index in [2.05, 4.69) is 11.2 Å². The normalized spacial score (nSPS) is 18.0. The lowest BCUT2D eigenvalue weighted by Crippen LogP contribution is -2.35. The second-order valence-corrected chi connectivity index (χ2v) is 3.30. The van der Waals surface area contributed by atoms with Crippen LogP contribution in [0.2, 0.25) is 0 Å². The Bertz CT molecular complexity index is 200. The molecule has 1 saturated carbocycles. The van der Waals surface area contributed by atoms with E-state index in [1.165, 1.54) is 0 Å². The maximum absolute atomic E-state index is 11.3. The third kappa shape index (κ3) is 2.58. The standard InChI is InChI=1S/C10H15NO/c1-3-5-9(4-2)11-10(12)8-6-7-8/h1,8-9H,4-7H2,2H3,(H,11,12). The summed E-state index contributed by atoms with van der Waals surface area (Å²) in [4.78, 5) is 11.3. The summed E-state index contributed by atoms with van der Waals surface area (Å²) in [6.07, 6.45) is 8.85. The predicted molar refractivity (Wildman–Crippen MR) is 48.4 cm³/mol. The molecular formula is C10H15NO. The molecule has 0 spiro atoms. The fourth-order valence-electron chi connectivity index (χ4n) is 1.10. The SMILES string of the molecule is C#CCC(CC)NC(=O)C1CC1. The van der Waals surface area contributed by atoms with Crippen LogP contribution in [-0.2, 0) is 4.79 Å².